The molecular weight excluding hydrogens is 204 g/mol. The molecule has 0 radical (unpaired) electrons. The van der Waals surface area contributed by atoms with Gasteiger partial charge >= 0.3 is 0 Å². The zero-order valence-corrected chi connectivity index (χ0v) is 10.9. The first-order chi connectivity index (χ1) is 7.43. The molecule has 16 heavy (non-hydrogen) atoms. The molecule has 3 nitrogen and oxygen atoms in total. The maximum Gasteiger partial charge on any atom is 0.164 e. The number of hydrogen-bond acceptors (Lipinski definition) is 3. The van der Waals surface area contributed by atoms with Crippen molar-refractivity contribution in [2.75, 3.05) is 21.3 Å². The van der Waals surface area contributed by atoms with Gasteiger partial charge < -0.3 is 14.2 Å². The van der Waals surface area contributed by atoms with E-state index in [1.54, 1.807) is 21.3 Å². The minimum Gasteiger partial charge on any atom is -0.497 e. The second kappa shape index (κ2) is 4.64. The van der Waals surface area contributed by atoms with Crippen molar-refractivity contribution in [2.45, 2.75) is 26.2 Å². The Kier molecular flexibility index (Phi) is 3.68. The molecule has 0 heterocycles. The Hall–Kier alpha value is -1.38. The predicted octanol–water partition coefficient (Wildman–Crippen LogP) is 3.01. The van der Waals surface area contributed by atoms with Crippen LogP contribution in [0.4, 0.5) is 0 Å². The fourth-order valence-electron chi connectivity index (χ4n) is 1.61. The van der Waals surface area contributed by atoms with Gasteiger partial charge in [0, 0.05) is 11.6 Å². The van der Waals surface area contributed by atoms with Gasteiger partial charge in [0.1, 0.15) is 5.75 Å². The molecule has 0 aliphatic carbocycles. The SMILES string of the molecule is COc1cc(OC)c(OC)c(C(C)(C)C)c1. The third-order valence-corrected chi connectivity index (χ3v) is 2.50. The normalized spacial score (nSPS) is 11.1. The van der Waals surface area contributed by atoms with Gasteiger partial charge in [0.25, 0.3) is 0 Å². The van der Waals surface area contributed by atoms with E-state index in [1.807, 2.05) is 12.1 Å². The lowest BCUT2D eigenvalue weighted by atomic mass is 9.86. The van der Waals surface area contributed by atoms with Crippen LogP contribution in [0, 0.1) is 0 Å². The molecule has 0 saturated heterocycles. The van der Waals surface area contributed by atoms with E-state index in [2.05, 4.69) is 20.8 Å². The summed E-state index contributed by atoms with van der Waals surface area (Å²) >= 11 is 0. The Morgan fingerprint density at radius 3 is 1.88 bits per heavy atom. The summed E-state index contributed by atoms with van der Waals surface area (Å²) < 4.78 is 16.0. The number of methoxy groups -OCH3 is 3. The summed E-state index contributed by atoms with van der Waals surface area (Å²) in [5, 5.41) is 0. The summed E-state index contributed by atoms with van der Waals surface area (Å²) in [5.74, 6) is 2.25. The van der Waals surface area contributed by atoms with E-state index in [9.17, 15) is 0 Å². The van der Waals surface area contributed by atoms with Gasteiger partial charge in [-0.3, -0.25) is 0 Å². The van der Waals surface area contributed by atoms with Crippen LogP contribution in [0.25, 0.3) is 0 Å². The van der Waals surface area contributed by atoms with Crippen molar-refractivity contribution in [1.82, 2.24) is 0 Å². The molecule has 90 valence electrons. The highest BCUT2D eigenvalue weighted by Gasteiger charge is 2.23. The standard InChI is InChI=1S/C13H20O3/c1-13(2,3)10-7-9(14-4)8-11(15-5)12(10)16-6/h7-8H,1-6H3. The van der Waals surface area contributed by atoms with Crippen molar-refractivity contribution in [3.8, 4) is 17.2 Å². The molecule has 0 aromatic heterocycles. The topological polar surface area (TPSA) is 27.7 Å². The molecule has 3 heteroatoms. The Morgan fingerprint density at radius 1 is 0.875 bits per heavy atom. The Bertz CT molecular complexity index is 364. The first-order valence-corrected chi connectivity index (χ1v) is 5.24. The van der Waals surface area contributed by atoms with Gasteiger partial charge in [-0.2, -0.15) is 0 Å². The quantitative estimate of drug-likeness (QED) is 0.790. The summed E-state index contributed by atoms with van der Waals surface area (Å²) in [6.45, 7) is 6.39. The van der Waals surface area contributed by atoms with Gasteiger partial charge in [0.05, 0.1) is 21.3 Å². The van der Waals surface area contributed by atoms with Gasteiger partial charge in [0.2, 0.25) is 0 Å². The molecule has 0 fully saturated rings. The lowest BCUT2D eigenvalue weighted by Crippen LogP contribution is -2.13. The zero-order chi connectivity index (χ0) is 12.3. The van der Waals surface area contributed by atoms with Crippen molar-refractivity contribution in [3.63, 3.8) is 0 Å². The maximum atomic E-state index is 5.41. The first kappa shape index (κ1) is 12.7. The summed E-state index contributed by atoms with van der Waals surface area (Å²) in [6, 6.07) is 3.81. The number of benzene rings is 1. The van der Waals surface area contributed by atoms with Crippen LogP contribution >= 0.6 is 0 Å². The van der Waals surface area contributed by atoms with Crippen LogP contribution in [0.1, 0.15) is 26.3 Å². The molecule has 1 aromatic rings. The summed E-state index contributed by atoms with van der Waals surface area (Å²) in [5.41, 5.74) is 1.05. The molecule has 0 unspecified atom stereocenters. The van der Waals surface area contributed by atoms with E-state index in [4.69, 9.17) is 14.2 Å². The number of ether oxygens (including phenoxy) is 3. The van der Waals surface area contributed by atoms with Crippen molar-refractivity contribution < 1.29 is 14.2 Å². The zero-order valence-electron chi connectivity index (χ0n) is 10.9. The third-order valence-electron chi connectivity index (χ3n) is 2.50. The van der Waals surface area contributed by atoms with Crippen molar-refractivity contribution >= 4 is 0 Å². The highest BCUT2D eigenvalue weighted by Crippen LogP contribution is 2.41. The van der Waals surface area contributed by atoms with Gasteiger partial charge in [0.15, 0.2) is 11.5 Å². The lowest BCUT2D eigenvalue weighted by molar-refractivity contribution is 0.339. The highest BCUT2D eigenvalue weighted by atomic mass is 16.5. The minimum absolute atomic E-state index is 0.0207. The lowest BCUT2D eigenvalue weighted by Gasteiger charge is -2.24. The minimum atomic E-state index is -0.0207. The Labute approximate surface area is 97.3 Å². The molecule has 1 aromatic carbocycles. The van der Waals surface area contributed by atoms with Crippen molar-refractivity contribution in [3.05, 3.63) is 17.7 Å². The van der Waals surface area contributed by atoms with Crippen LogP contribution in [0.5, 0.6) is 17.2 Å². The van der Waals surface area contributed by atoms with Gasteiger partial charge in [-0.15, -0.1) is 0 Å². The fourth-order valence-corrected chi connectivity index (χ4v) is 1.61. The second-order valence-electron chi connectivity index (χ2n) is 4.66. The van der Waals surface area contributed by atoms with Gasteiger partial charge in [-0.1, -0.05) is 20.8 Å². The molecule has 0 aliphatic heterocycles. The van der Waals surface area contributed by atoms with E-state index >= 15 is 0 Å². The Balaban J connectivity index is 3.43. The van der Waals surface area contributed by atoms with Crippen LogP contribution < -0.4 is 14.2 Å². The molecule has 1 rings (SSSR count). The smallest absolute Gasteiger partial charge is 0.164 e. The van der Waals surface area contributed by atoms with Crippen molar-refractivity contribution in [2.24, 2.45) is 0 Å². The van der Waals surface area contributed by atoms with Gasteiger partial charge in [-0.25, -0.2) is 0 Å². The van der Waals surface area contributed by atoms with E-state index in [0.717, 1.165) is 17.1 Å². The monoisotopic (exact) mass is 224 g/mol. The number of hydrogen-bond donors (Lipinski definition) is 0. The molecular formula is C13H20O3. The van der Waals surface area contributed by atoms with Crippen LogP contribution in [0.15, 0.2) is 12.1 Å². The van der Waals surface area contributed by atoms with Crippen LogP contribution in [0.2, 0.25) is 0 Å². The van der Waals surface area contributed by atoms with E-state index < -0.39 is 0 Å². The molecule has 0 N–H and O–H groups in total. The van der Waals surface area contributed by atoms with Crippen LogP contribution in [0.3, 0.4) is 0 Å². The molecule has 0 spiro atoms. The second-order valence-corrected chi connectivity index (χ2v) is 4.66. The molecule has 0 saturated carbocycles. The number of rotatable bonds is 3. The summed E-state index contributed by atoms with van der Waals surface area (Å²) in [4.78, 5) is 0. The average Bonchev–Trinajstić information content (AvgIpc) is 2.25. The van der Waals surface area contributed by atoms with Crippen LogP contribution in [-0.2, 0) is 5.41 Å². The predicted molar refractivity (Wildman–Crippen MR) is 64.8 cm³/mol. The molecule has 0 atom stereocenters. The summed E-state index contributed by atoms with van der Waals surface area (Å²) in [6.07, 6.45) is 0. The fraction of sp³-hybridized carbons (Fsp3) is 0.538. The van der Waals surface area contributed by atoms with E-state index in [1.165, 1.54) is 0 Å². The third kappa shape index (κ3) is 2.40. The maximum absolute atomic E-state index is 5.41. The van der Waals surface area contributed by atoms with Crippen LogP contribution in [-0.4, -0.2) is 21.3 Å². The first-order valence-electron chi connectivity index (χ1n) is 5.24. The van der Waals surface area contributed by atoms with E-state index in [-0.39, 0.29) is 5.41 Å². The molecule has 0 aliphatic rings. The summed E-state index contributed by atoms with van der Waals surface area (Å²) in [7, 11) is 4.93. The van der Waals surface area contributed by atoms with E-state index in [0.29, 0.717) is 5.75 Å². The molecule has 0 bridgehead atoms. The van der Waals surface area contributed by atoms with Gasteiger partial charge in [-0.05, 0) is 11.5 Å². The Morgan fingerprint density at radius 2 is 1.50 bits per heavy atom. The van der Waals surface area contributed by atoms with Crippen molar-refractivity contribution in [1.29, 1.82) is 0 Å². The average molecular weight is 224 g/mol. The molecule has 0 amide bonds. The largest absolute Gasteiger partial charge is 0.497 e. The highest BCUT2D eigenvalue weighted by molar-refractivity contribution is 5.54.